The van der Waals surface area contributed by atoms with Crippen molar-refractivity contribution in [2.45, 2.75) is 45.1 Å². The van der Waals surface area contributed by atoms with Crippen LogP contribution in [0.5, 0.6) is 0 Å². The van der Waals surface area contributed by atoms with Gasteiger partial charge < -0.3 is 15.5 Å². The number of aliphatic hydroxyl groups excluding tert-OH is 1. The van der Waals surface area contributed by atoms with Crippen LogP contribution in [0.25, 0.3) is 0 Å². The third kappa shape index (κ3) is 4.00. The lowest BCUT2D eigenvalue weighted by molar-refractivity contribution is -0.152. The summed E-state index contributed by atoms with van der Waals surface area (Å²) >= 11 is 0. The minimum absolute atomic E-state index is 0.158. The van der Waals surface area contributed by atoms with Gasteiger partial charge in [0, 0.05) is 6.54 Å². The zero-order valence-corrected chi connectivity index (χ0v) is 10.2. The first-order valence-electron chi connectivity index (χ1n) is 6.24. The molecule has 0 spiro atoms. The van der Waals surface area contributed by atoms with E-state index in [0.717, 1.165) is 12.8 Å². The van der Waals surface area contributed by atoms with Gasteiger partial charge in [-0.25, -0.2) is 0 Å². The number of hydrogen-bond donors (Lipinski definition) is 3. The summed E-state index contributed by atoms with van der Waals surface area (Å²) in [6, 6.07) is 0. The number of nitrogens with one attached hydrogen (secondary N) is 1. The van der Waals surface area contributed by atoms with E-state index in [-0.39, 0.29) is 17.9 Å². The maximum Gasteiger partial charge on any atom is 0.307 e. The number of aliphatic carboxylic acids is 1. The van der Waals surface area contributed by atoms with Gasteiger partial charge in [0.1, 0.15) is 0 Å². The number of carboxylic acid groups (broad SMARTS) is 1. The molecule has 0 radical (unpaired) electrons. The molecule has 0 heterocycles. The highest BCUT2D eigenvalue weighted by Crippen LogP contribution is 2.34. The third-order valence-electron chi connectivity index (χ3n) is 3.41. The quantitative estimate of drug-likeness (QED) is 0.576. The summed E-state index contributed by atoms with van der Waals surface area (Å²) < 4.78 is 0. The van der Waals surface area contributed by atoms with Crippen molar-refractivity contribution < 1.29 is 19.8 Å². The van der Waals surface area contributed by atoms with Gasteiger partial charge in [-0.15, -0.1) is 0 Å². The maximum atomic E-state index is 11.6. The predicted octanol–water partition coefficient (Wildman–Crippen LogP) is 0.764. The van der Waals surface area contributed by atoms with Crippen LogP contribution in [0.15, 0.2) is 0 Å². The first kappa shape index (κ1) is 14.0. The van der Waals surface area contributed by atoms with Crippen molar-refractivity contribution in [3.63, 3.8) is 0 Å². The molecule has 0 aromatic heterocycles. The zero-order chi connectivity index (χ0) is 12.8. The molecule has 0 bridgehead atoms. The fourth-order valence-electron chi connectivity index (χ4n) is 1.99. The molecule has 3 unspecified atom stereocenters. The molecule has 1 aliphatic rings. The van der Waals surface area contributed by atoms with Crippen LogP contribution in [0.4, 0.5) is 0 Å². The molecule has 1 fully saturated rings. The van der Waals surface area contributed by atoms with Crippen molar-refractivity contribution in [3.8, 4) is 0 Å². The summed E-state index contributed by atoms with van der Waals surface area (Å²) in [6.45, 7) is 2.42. The standard InChI is InChI=1S/C12H21NO4/c1-2-8(14)4-3-7-13-11(15)9-5-6-10(9)12(16)17/h8-10,14H,2-7H2,1H3,(H,13,15)(H,16,17). The smallest absolute Gasteiger partial charge is 0.307 e. The van der Waals surface area contributed by atoms with Crippen molar-refractivity contribution in [2.24, 2.45) is 11.8 Å². The van der Waals surface area contributed by atoms with Gasteiger partial charge in [0.2, 0.25) is 5.91 Å². The monoisotopic (exact) mass is 243 g/mol. The van der Waals surface area contributed by atoms with Crippen LogP contribution >= 0.6 is 0 Å². The van der Waals surface area contributed by atoms with Crippen LogP contribution in [0, 0.1) is 11.8 Å². The van der Waals surface area contributed by atoms with Crippen LogP contribution in [-0.4, -0.2) is 34.7 Å². The van der Waals surface area contributed by atoms with E-state index >= 15 is 0 Å². The lowest BCUT2D eigenvalue weighted by Crippen LogP contribution is -2.44. The molecule has 1 saturated carbocycles. The minimum Gasteiger partial charge on any atom is -0.481 e. The zero-order valence-electron chi connectivity index (χ0n) is 10.2. The largest absolute Gasteiger partial charge is 0.481 e. The normalized spacial score (nSPS) is 24.8. The van der Waals surface area contributed by atoms with Gasteiger partial charge in [0.25, 0.3) is 0 Å². The highest BCUT2D eigenvalue weighted by atomic mass is 16.4. The fourth-order valence-corrected chi connectivity index (χ4v) is 1.99. The summed E-state index contributed by atoms with van der Waals surface area (Å²) in [6.07, 6.45) is 3.08. The van der Waals surface area contributed by atoms with Crippen LogP contribution in [0.1, 0.15) is 39.0 Å². The van der Waals surface area contributed by atoms with E-state index in [2.05, 4.69) is 5.32 Å². The first-order chi connectivity index (χ1) is 8.06. The fraction of sp³-hybridized carbons (Fsp3) is 0.833. The van der Waals surface area contributed by atoms with Crippen molar-refractivity contribution in [1.29, 1.82) is 0 Å². The van der Waals surface area contributed by atoms with Crippen molar-refractivity contribution in [3.05, 3.63) is 0 Å². The maximum absolute atomic E-state index is 11.6. The molecule has 98 valence electrons. The van der Waals surface area contributed by atoms with Gasteiger partial charge in [-0.05, 0) is 32.1 Å². The van der Waals surface area contributed by atoms with E-state index in [9.17, 15) is 14.7 Å². The van der Waals surface area contributed by atoms with Crippen molar-refractivity contribution in [2.75, 3.05) is 6.54 Å². The van der Waals surface area contributed by atoms with Crippen LogP contribution in [0.2, 0.25) is 0 Å². The summed E-state index contributed by atoms with van der Waals surface area (Å²) in [7, 11) is 0. The Labute approximate surface area is 101 Å². The lowest BCUT2D eigenvalue weighted by atomic mass is 9.73. The molecule has 1 rings (SSSR count). The SMILES string of the molecule is CCC(O)CCCNC(=O)C1CCC1C(=O)O. The number of carbonyl (C=O) groups is 2. The molecule has 0 aromatic rings. The predicted molar refractivity (Wildman–Crippen MR) is 62.4 cm³/mol. The van der Waals surface area contributed by atoms with E-state index in [1.54, 1.807) is 0 Å². The minimum atomic E-state index is -0.877. The van der Waals surface area contributed by atoms with Gasteiger partial charge in [-0.2, -0.15) is 0 Å². The highest BCUT2D eigenvalue weighted by molar-refractivity contribution is 5.86. The molecular weight excluding hydrogens is 222 g/mol. The van der Waals surface area contributed by atoms with Gasteiger partial charge >= 0.3 is 5.97 Å². The van der Waals surface area contributed by atoms with E-state index < -0.39 is 11.9 Å². The lowest BCUT2D eigenvalue weighted by Gasteiger charge is -2.31. The Morgan fingerprint density at radius 2 is 2.00 bits per heavy atom. The molecule has 0 aromatic carbocycles. The second-order valence-electron chi connectivity index (χ2n) is 4.62. The van der Waals surface area contributed by atoms with Crippen LogP contribution < -0.4 is 5.32 Å². The van der Waals surface area contributed by atoms with Crippen molar-refractivity contribution >= 4 is 11.9 Å². The molecule has 3 N–H and O–H groups in total. The van der Waals surface area contributed by atoms with Crippen molar-refractivity contribution in [1.82, 2.24) is 5.32 Å². The summed E-state index contributed by atoms with van der Waals surface area (Å²) in [5.41, 5.74) is 0. The van der Waals surface area contributed by atoms with E-state index in [1.807, 2.05) is 6.92 Å². The molecule has 1 aliphatic carbocycles. The number of rotatable bonds is 7. The molecule has 0 aliphatic heterocycles. The Morgan fingerprint density at radius 1 is 1.35 bits per heavy atom. The van der Waals surface area contributed by atoms with Crippen LogP contribution in [0.3, 0.4) is 0 Å². The Balaban J connectivity index is 2.15. The molecule has 17 heavy (non-hydrogen) atoms. The Hall–Kier alpha value is -1.10. The third-order valence-corrected chi connectivity index (χ3v) is 3.41. The van der Waals surface area contributed by atoms with Gasteiger partial charge in [-0.3, -0.25) is 9.59 Å². The first-order valence-corrected chi connectivity index (χ1v) is 6.24. The molecule has 3 atom stereocenters. The second kappa shape index (κ2) is 6.59. The van der Waals surface area contributed by atoms with E-state index in [0.29, 0.717) is 25.8 Å². The Kier molecular flexibility index (Phi) is 5.41. The number of hydrogen-bond acceptors (Lipinski definition) is 3. The average Bonchev–Trinajstić information content (AvgIpc) is 2.21. The number of carbonyl (C=O) groups excluding carboxylic acids is 1. The summed E-state index contributed by atoms with van der Waals surface area (Å²) in [5.74, 6) is -1.90. The van der Waals surface area contributed by atoms with Gasteiger partial charge in [0.15, 0.2) is 0 Å². The number of amides is 1. The van der Waals surface area contributed by atoms with E-state index in [4.69, 9.17) is 5.11 Å². The topological polar surface area (TPSA) is 86.6 Å². The highest BCUT2D eigenvalue weighted by Gasteiger charge is 2.41. The molecular formula is C12H21NO4. The Morgan fingerprint density at radius 3 is 2.47 bits per heavy atom. The Bertz CT molecular complexity index is 280. The van der Waals surface area contributed by atoms with E-state index in [1.165, 1.54) is 0 Å². The molecule has 1 amide bonds. The van der Waals surface area contributed by atoms with Gasteiger partial charge in [0.05, 0.1) is 17.9 Å². The summed E-state index contributed by atoms with van der Waals surface area (Å²) in [5, 5.41) is 20.9. The van der Waals surface area contributed by atoms with Gasteiger partial charge in [-0.1, -0.05) is 6.92 Å². The second-order valence-corrected chi connectivity index (χ2v) is 4.62. The molecule has 0 saturated heterocycles. The average molecular weight is 243 g/mol. The molecule has 5 nitrogen and oxygen atoms in total. The molecule has 5 heteroatoms. The number of aliphatic hydroxyl groups is 1. The van der Waals surface area contributed by atoms with Crippen LogP contribution in [-0.2, 0) is 9.59 Å². The summed E-state index contributed by atoms with van der Waals surface area (Å²) in [4.78, 5) is 22.4. The number of carboxylic acids is 1.